The van der Waals surface area contributed by atoms with Gasteiger partial charge in [-0.3, -0.25) is 4.79 Å². The molecule has 0 bridgehead atoms. The number of hydrogen-bond donors (Lipinski definition) is 2. The number of aliphatic imine (C=N–C) groups is 1. The average molecular weight is 447 g/mol. The minimum atomic E-state index is 0.0711. The van der Waals surface area contributed by atoms with Crippen molar-refractivity contribution in [2.45, 2.75) is 39.0 Å². The molecular weight excluding hydrogens is 416 g/mol. The molecule has 1 aromatic heterocycles. The number of nitrogens with zero attached hydrogens (tertiary/aromatic N) is 2. The van der Waals surface area contributed by atoms with Gasteiger partial charge in [0.1, 0.15) is 5.82 Å². The highest BCUT2D eigenvalue weighted by Gasteiger charge is 2.22. The monoisotopic (exact) mass is 446 g/mol. The largest absolute Gasteiger partial charge is 0.398 e. The second-order valence-corrected chi connectivity index (χ2v) is 10.3. The number of anilines is 2. The van der Waals surface area contributed by atoms with Crippen LogP contribution in [0.1, 0.15) is 54.4 Å². The summed E-state index contributed by atoms with van der Waals surface area (Å²) in [5.74, 6) is 0.638. The molecular formula is C26H30N4OS. The van der Waals surface area contributed by atoms with Crippen LogP contribution in [0, 0.1) is 0 Å². The van der Waals surface area contributed by atoms with Gasteiger partial charge in [-0.25, -0.2) is 4.99 Å². The molecule has 1 fully saturated rings. The minimum absolute atomic E-state index is 0.0711. The zero-order chi connectivity index (χ0) is 22.9. The van der Waals surface area contributed by atoms with Crippen LogP contribution < -0.4 is 11.1 Å². The number of carbonyl (C=O) groups excluding carboxylic acids is 1. The number of nitrogens with one attached hydrogen (secondary N) is 1. The Kier molecular flexibility index (Phi) is 6.07. The molecule has 32 heavy (non-hydrogen) atoms. The zero-order valence-corrected chi connectivity index (χ0v) is 19.8. The molecule has 2 aromatic carbocycles. The number of nitrogen functional groups attached to an aromatic ring is 1. The van der Waals surface area contributed by atoms with Crippen molar-refractivity contribution in [2.24, 2.45) is 4.99 Å². The Balaban J connectivity index is 1.50. The van der Waals surface area contributed by atoms with Crippen LogP contribution in [0.15, 0.2) is 59.9 Å². The van der Waals surface area contributed by atoms with Gasteiger partial charge in [-0.05, 0) is 54.2 Å². The van der Waals surface area contributed by atoms with Crippen LogP contribution in [0.3, 0.4) is 0 Å². The SMILES string of the molecule is C=C(/N=C\c1ccc2sc(C(=O)N3CCCC3)cc2c1N)Nc1cccc(C(C)(C)C)c1. The molecule has 0 spiro atoms. The van der Waals surface area contributed by atoms with Crippen LogP contribution in [-0.4, -0.2) is 30.1 Å². The normalized spacial score (nSPS) is 14.4. The number of rotatable bonds is 5. The molecule has 166 valence electrons. The third-order valence-electron chi connectivity index (χ3n) is 5.76. The Morgan fingerprint density at radius 2 is 1.94 bits per heavy atom. The first kappa shape index (κ1) is 22.1. The quantitative estimate of drug-likeness (QED) is 0.372. The number of likely N-dealkylation sites (tertiary alicyclic amines) is 1. The first-order valence-electron chi connectivity index (χ1n) is 10.9. The Morgan fingerprint density at radius 3 is 2.66 bits per heavy atom. The molecule has 0 radical (unpaired) electrons. The lowest BCUT2D eigenvalue weighted by atomic mass is 9.87. The minimum Gasteiger partial charge on any atom is -0.398 e. The number of thiophene rings is 1. The van der Waals surface area contributed by atoms with Gasteiger partial charge in [-0.15, -0.1) is 11.3 Å². The lowest BCUT2D eigenvalue weighted by molar-refractivity contribution is 0.0797. The van der Waals surface area contributed by atoms with Gasteiger partial charge in [-0.2, -0.15) is 0 Å². The molecule has 1 aliphatic rings. The first-order valence-corrected chi connectivity index (χ1v) is 11.8. The van der Waals surface area contributed by atoms with Crippen molar-refractivity contribution in [1.82, 2.24) is 4.90 Å². The second-order valence-electron chi connectivity index (χ2n) is 9.25. The van der Waals surface area contributed by atoms with Crippen LogP contribution >= 0.6 is 11.3 Å². The number of carbonyl (C=O) groups is 1. The molecule has 0 saturated carbocycles. The molecule has 2 heterocycles. The molecule has 5 nitrogen and oxygen atoms in total. The molecule has 0 atom stereocenters. The van der Waals surface area contributed by atoms with E-state index >= 15 is 0 Å². The van der Waals surface area contributed by atoms with Gasteiger partial charge in [0.25, 0.3) is 5.91 Å². The smallest absolute Gasteiger partial charge is 0.263 e. The highest BCUT2D eigenvalue weighted by Crippen LogP contribution is 2.33. The zero-order valence-electron chi connectivity index (χ0n) is 18.9. The van der Waals surface area contributed by atoms with Crippen LogP contribution in [-0.2, 0) is 5.41 Å². The Hall–Kier alpha value is -3.12. The van der Waals surface area contributed by atoms with Crippen molar-refractivity contribution in [3.63, 3.8) is 0 Å². The fourth-order valence-electron chi connectivity index (χ4n) is 3.85. The van der Waals surface area contributed by atoms with Crippen molar-refractivity contribution in [1.29, 1.82) is 0 Å². The molecule has 3 N–H and O–H groups in total. The van der Waals surface area contributed by atoms with E-state index in [2.05, 4.69) is 49.8 Å². The maximum absolute atomic E-state index is 12.7. The van der Waals surface area contributed by atoms with Crippen LogP contribution in [0.5, 0.6) is 0 Å². The first-order chi connectivity index (χ1) is 15.2. The van der Waals surface area contributed by atoms with E-state index in [1.807, 2.05) is 35.2 Å². The van der Waals surface area contributed by atoms with Gasteiger partial charge >= 0.3 is 0 Å². The fraction of sp³-hybridized carbons (Fsp3) is 0.308. The topological polar surface area (TPSA) is 70.7 Å². The molecule has 1 amide bonds. The average Bonchev–Trinajstić information content (AvgIpc) is 3.43. The van der Waals surface area contributed by atoms with Crippen molar-refractivity contribution in [3.8, 4) is 0 Å². The summed E-state index contributed by atoms with van der Waals surface area (Å²) in [4.78, 5) is 19.9. The van der Waals surface area contributed by atoms with E-state index in [0.717, 1.165) is 52.1 Å². The molecule has 0 unspecified atom stereocenters. The molecule has 3 aromatic rings. The van der Waals surface area contributed by atoms with E-state index in [1.54, 1.807) is 6.21 Å². The van der Waals surface area contributed by atoms with Gasteiger partial charge in [0.15, 0.2) is 0 Å². The second kappa shape index (κ2) is 8.79. The summed E-state index contributed by atoms with van der Waals surface area (Å²) < 4.78 is 1.01. The maximum Gasteiger partial charge on any atom is 0.263 e. The lowest BCUT2D eigenvalue weighted by Crippen LogP contribution is -2.26. The van der Waals surface area contributed by atoms with Gasteiger partial charge in [0.2, 0.25) is 0 Å². The van der Waals surface area contributed by atoms with Crippen LogP contribution in [0.4, 0.5) is 11.4 Å². The van der Waals surface area contributed by atoms with Crippen molar-refractivity contribution >= 4 is 44.9 Å². The standard InChI is InChI=1S/C26H30N4OS/c1-17(29-20-9-7-8-19(14-20)26(2,3)4)28-16-18-10-11-22-21(24(18)27)15-23(32-22)25(31)30-12-5-6-13-30/h7-11,14-16,29H,1,5-6,12-13,27H2,2-4H3/b28-16-. The predicted molar refractivity (Wildman–Crippen MR) is 137 cm³/mol. The summed E-state index contributed by atoms with van der Waals surface area (Å²) in [6.07, 6.45) is 3.88. The van der Waals surface area contributed by atoms with E-state index in [1.165, 1.54) is 16.9 Å². The Labute approximate surface area is 193 Å². The third-order valence-corrected chi connectivity index (χ3v) is 6.85. The van der Waals surface area contributed by atoms with Crippen LogP contribution in [0.2, 0.25) is 0 Å². The summed E-state index contributed by atoms with van der Waals surface area (Å²) in [6.45, 7) is 12.3. The van der Waals surface area contributed by atoms with Gasteiger partial charge in [0, 0.05) is 46.3 Å². The van der Waals surface area contributed by atoms with Crippen molar-refractivity contribution in [3.05, 3.63) is 70.9 Å². The molecule has 4 rings (SSSR count). The van der Waals surface area contributed by atoms with E-state index in [9.17, 15) is 4.79 Å². The highest BCUT2D eigenvalue weighted by atomic mass is 32.1. The van der Waals surface area contributed by atoms with E-state index in [4.69, 9.17) is 5.73 Å². The van der Waals surface area contributed by atoms with Crippen LogP contribution in [0.25, 0.3) is 10.1 Å². The van der Waals surface area contributed by atoms with Gasteiger partial charge in [0.05, 0.1) is 4.88 Å². The van der Waals surface area contributed by atoms with Crippen molar-refractivity contribution in [2.75, 3.05) is 24.1 Å². The summed E-state index contributed by atoms with van der Waals surface area (Å²) in [5, 5.41) is 4.15. The fourth-order valence-corrected chi connectivity index (χ4v) is 4.90. The summed E-state index contributed by atoms with van der Waals surface area (Å²) in [7, 11) is 0. The van der Waals surface area contributed by atoms with E-state index in [0.29, 0.717) is 11.5 Å². The maximum atomic E-state index is 12.7. The van der Waals surface area contributed by atoms with E-state index < -0.39 is 0 Å². The number of amides is 1. The summed E-state index contributed by atoms with van der Waals surface area (Å²) in [6, 6.07) is 14.1. The number of fused-ring (bicyclic) bond motifs is 1. The molecule has 1 saturated heterocycles. The lowest BCUT2D eigenvalue weighted by Gasteiger charge is -2.20. The number of nitrogens with two attached hydrogens (primary N) is 1. The highest BCUT2D eigenvalue weighted by molar-refractivity contribution is 7.20. The Bertz CT molecular complexity index is 1200. The van der Waals surface area contributed by atoms with Gasteiger partial charge < -0.3 is 16.0 Å². The molecule has 6 heteroatoms. The van der Waals surface area contributed by atoms with Gasteiger partial charge in [-0.1, -0.05) is 39.5 Å². The summed E-state index contributed by atoms with van der Waals surface area (Å²) >= 11 is 1.50. The molecule has 1 aliphatic heterocycles. The Morgan fingerprint density at radius 1 is 1.19 bits per heavy atom. The van der Waals surface area contributed by atoms with Crippen molar-refractivity contribution < 1.29 is 4.79 Å². The number of hydrogen-bond acceptors (Lipinski definition) is 5. The predicted octanol–water partition coefficient (Wildman–Crippen LogP) is 6.02. The third kappa shape index (κ3) is 4.70. The number of benzene rings is 2. The summed E-state index contributed by atoms with van der Waals surface area (Å²) in [5.41, 5.74) is 10.1. The van der Waals surface area contributed by atoms with E-state index in [-0.39, 0.29) is 11.3 Å². The molecule has 0 aliphatic carbocycles.